The predicted molar refractivity (Wildman–Crippen MR) is 62.4 cm³/mol. The monoisotopic (exact) mass is 218 g/mol. The summed E-state index contributed by atoms with van der Waals surface area (Å²) in [4.78, 5) is 0. The highest BCUT2D eigenvalue weighted by Gasteiger charge is 2.49. The van der Waals surface area contributed by atoms with E-state index in [-0.39, 0.29) is 11.7 Å². The van der Waals surface area contributed by atoms with Crippen LogP contribution in [0.15, 0.2) is 24.3 Å². The van der Waals surface area contributed by atoms with Crippen LogP contribution < -0.4 is 4.74 Å². The van der Waals surface area contributed by atoms with Crippen molar-refractivity contribution in [2.45, 2.75) is 44.3 Å². The first-order valence-electron chi connectivity index (χ1n) is 6.21. The Morgan fingerprint density at radius 1 is 1.38 bits per heavy atom. The van der Waals surface area contributed by atoms with Gasteiger partial charge in [0.05, 0.1) is 6.10 Å². The summed E-state index contributed by atoms with van der Waals surface area (Å²) in [5.41, 5.74) is 0.848. The number of rotatable bonds is 2. The molecule has 2 atom stereocenters. The van der Waals surface area contributed by atoms with E-state index >= 15 is 0 Å². The minimum absolute atomic E-state index is 0.103. The van der Waals surface area contributed by atoms with Crippen LogP contribution >= 0.6 is 0 Å². The average molecular weight is 218 g/mol. The van der Waals surface area contributed by atoms with E-state index in [9.17, 15) is 5.11 Å². The molecule has 2 aliphatic rings. The van der Waals surface area contributed by atoms with E-state index in [4.69, 9.17) is 4.74 Å². The number of benzene rings is 1. The zero-order chi connectivity index (χ0) is 11.2. The Hall–Kier alpha value is -1.02. The molecule has 86 valence electrons. The fourth-order valence-corrected chi connectivity index (χ4v) is 2.91. The first-order chi connectivity index (χ1) is 7.75. The molecule has 0 amide bonds. The van der Waals surface area contributed by atoms with Crippen LogP contribution in [0, 0.1) is 5.92 Å². The zero-order valence-electron chi connectivity index (χ0n) is 9.65. The topological polar surface area (TPSA) is 29.5 Å². The van der Waals surface area contributed by atoms with Crippen molar-refractivity contribution in [1.29, 1.82) is 0 Å². The van der Waals surface area contributed by atoms with Crippen LogP contribution in [0.2, 0.25) is 0 Å². The molecule has 0 saturated heterocycles. The second-order valence-electron chi connectivity index (χ2n) is 5.05. The number of ether oxygens (including phenoxy) is 1. The maximum Gasteiger partial charge on any atom is 0.125 e. The Bertz CT molecular complexity index is 397. The van der Waals surface area contributed by atoms with E-state index in [1.165, 1.54) is 12.8 Å². The number of fused-ring (bicyclic) bond motifs is 1. The predicted octanol–water partition coefficient (Wildman–Crippen LogP) is 3.06. The van der Waals surface area contributed by atoms with Crippen molar-refractivity contribution in [3.63, 3.8) is 0 Å². The van der Waals surface area contributed by atoms with E-state index in [0.29, 0.717) is 5.92 Å². The van der Waals surface area contributed by atoms with Crippen LogP contribution in [-0.4, -0.2) is 10.7 Å². The third-order valence-electron chi connectivity index (χ3n) is 4.05. The van der Waals surface area contributed by atoms with E-state index < -0.39 is 0 Å². The van der Waals surface area contributed by atoms with Crippen LogP contribution in [0.3, 0.4) is 0 Å². The molecule has 16 heavy (non-hydrogen) atoms. The van der Waals surface area contributed by atoms with Crippen molar-refractivity contribution in [3.8, 4) is 5.75 Å². The van der Waals surface area contributed by atoms with Crippen LogP contribution in [0.25, 0.3) is 0 Å². The smallest absolute Gasteiger partial charge is 0.125 e. The van der Waals surface area contributed by atoms with Gasteiger partial charge in [0.1, 0.15) is 11.4 Å². The van der Waals surface area contributed by atoms with Crippen molar-refractivity contribution < 1.29 is 9.84 Å². The molecule has 0 spiro atoms. The fraction of sp³-hybridized carbons (Fsp3) is 0.571. The van der Waals surface area contributed by atoms with Crippen molar-refractivity contribution in [2.24, 2.45) is 5.92 Å². The third-order valence-corrected chi connectivity index (χ3v) is 4.05. The summed E-state index contributed by atoms with van der Waals surface area (Å²) in [5, 5.41) is 10.2. The van der Waals surface area contributed by atoms with Crippen molar-refractivity contribution in [3.05, 3.63) is 29.8 Å². The number of aliphatic hydroxyl groups is 1. The summed E-state index contributed by atoms with van der Waals surface area (Å²) >= 11 is 0. The summed E-state index contributed by atoms with van der Waals surface area (Å²) in [6.07, 6.45) is 3.89. The molecular formula is C14H18O2. The Morgan fingerprint density at radius 3 is 2.81 bits per heavy atom. The molecule has 0 bridgehead atoms. The van der Waals surface area contributed by atoms with Crippen LogP contribution in [0.4, 0.5) is 0 Å². The quantitative estimate of drug-likeness (QED) is 0.826. The summed E-state index contributed by atoms with van der Waals surface area (Å²) in [7, 11) is 0. The highest BCUT2D eigenvalue weighted by atomic mass is 16.5. The molecule has 1 heterocycles. The van der Waals surface area contributed by atoms with Crippen LogP contribution in [0.1, 0.15) is 44.3 Å². The summed E-state index contributed by atoms with van der Waals surface area (Å²) in [6, 6.07) is 7.88. The molecule has 1 fully saturated rings. The largest absolute Gasteiger partial charge is 0.487 e. The summed E-state index contributed by atoms with van der Waals surface area (Å²) in [6.45, 7) is 2.17. The highest BCUT2D eigenvalue weighted by Crippen LogP contribution is 2.52. The molecule has 3 rings (SSSR count). The Labute approximate surface area is 96.2 Å². The first-order valence-corrected chi connectivity index (χ1v) is 6.21. The number of hydrogen-bond donors (Lipinski definition) is 1. The van der Waals surface area contributed by atoms with Gasteiger partial charge in [-0.25, -0.2) is 0 Å². The van der Waals surface area contributed by atoms with E-state index in [1.54, 1.807) is 0 Å². The standard InChI is InChI=1S/C14H18O2/c1-2-14(10-7-8-10)9-12(15)11-5-3-4-6-13(11)16-14/h3-6,10,12,15H,2,7-9H2,1H3/t12-,14?/m1/s1. The van der Waals surface area contributed by atoms with Crippen LogP contribution in [0.5, 0.6) is 5.75 Å². The van der Waals surface area contributed by atoms with Crippen molar-refractivity contribution in [2.75, 3.05) is 0 Å². The van der Waals surface area contributed by atoms with Crippen LogP contribution in [-0.2, 0) is 0 Å². The van der Waals surface area contributed by atoms with Gasteiger partial charge in [0.25, 0.3) is 0 Å². The molecule has 1 aromatic rings. The average Bonchev–Trinajstić information content (AvgIpc) is 3.13. The molecule has 0 radical (unpaired) electrons. The van der Waals surface area contributed by atoms with E-state index in [0.717, 1.165) is 24.2 Å². The van der Waals surface area contributed by atoms with Gasteiger partial charge in [0.2, 0.25) is 0 Å². The first kappa shape index (κ1) is 10.2. The molecule has 2 nitrogen and oxygen atoms in total. The molecule has 1 aliphatic heterocycles. The van der Waals surface area contributed by atoms with Gasteiger partial charge in [-0.2, -0.15) is 0 Å². The second-order valence-corrected chi connectivity index (χ2v) is 5.05. The molecular weight excluding hydrogens is 200 g/mol. The lowest BCUT2D eigenvalue weighted by atomic mass is 9.83. The van der Waals surface area contributed by atoms with Gasteiger partial charge in [-0.1, -0.05) is 25.1 Å². The minimum Gasteiger partial charge on any atom is -0.487 e. The highest BCUT2D eigenvalue weighted by molar-refractivity contribution is 5.38. The maximum absolute atomic E-state index is 10.2. The van der Waals surface area contributed by atoms with Gasteiger partial charge >= 0.3 is 0 Å². The second kappa shape index (κ2) is 3.49. The van der Waals surface area contributed by atoms with Gasteiger partial charge in [0, 0.05) is 12.0 Å². The molecule has 2 heteroatoms. The zero-order valence-corrected chi connectivity index (χ0v) is 9.65. The SMILES string of the molecule is CCC1(C2CC2)C[C@@H](O)c2ccccc2O1. The molecule has 0 aromatic heterocycles. The fourth-order valence-electron chi connectivity index (χ4n) is 2.91. The lowest BCUT2D eigenvalue weighted by Crippen LogP contribution is -2.42. The summed E-state index contributed by atoms with van der Waals surface area (Å²) < 4.78 is 6.20. The van der Waals surface area contributed by atoms with Gasteiger partial charge < -0.3 is 9.84 Å². The summed E-state index contributed by atoms with van der Waals surface area (Å²) in [5.74, 6) is 1.54. The maximum atomic E-state index is 10.2. The van der Waals surface area contributed by atoms with E-state index in [2.05, 4.69) is 6.92 Å². The van der Waals surface area contributed by atoms with Gasteiger partial charge in [-0.05, 0) is 31.2 Å². The van der Waals surface area contributed by atoms with Gasteiger partial charge in [-0.15, -0.1) is 0 Å². The van der Waals surface area contributed by atoms with Crippen molar-refractivity contribution in [1.82, 2.24) is 0 Å². The Morgan fingerprint density at radius 2 is 2.12 bits per heavy atom. The number of aliphatic hydroxyl groups excluding tert-OH is 1. The Kier molecular flexibility index (Phi) is 2.21. The van der Waals surface area contributed by atoms with Crippen molar-refractivity contribution >= 4 is 0 Å². The van der Waals surface area contributed by atoms with Gasteiger partial charge in [0.15, 0.2) is 0 Å². The normalized spacial score (nSPS) is 33.0. The van der Waals surface area contributed by atoms with E-state index in [1.807, 2.05) is 24.3 Å². The third kappa shape index (κ3) is 1.44. The number of para-hydroxylation sites is 1. The number of hydrogen-bond acceptors (Lipinski definition) is 2. The molecule has 1 N–H and O–H groups in total. The lowest BCUT2D eigenvalue weighted by molar-refractivity contribution is -0.0327. The molecule has 1 aromatic carbocycles. The Balaban J connectivity index is 1.98. The molecule has 1 saturated carbocycles. The minimum atomic E-state index is -0.356. The molecule has 1 aliphatic carbocycles. The molecule has 1 unspecified atom stereocenters. The van der Waals surface area contributed by atoms with Gasteiger partial charge in [-0.3, -0.25) is 0 Å². The lowest BCUT2D eigenvalue weighted by Gasteiger charge is -2.40.